The molecule has 23 heavy (non-hydrogen) atoms. The van der Waals surface area contributed by atoms with Crippen molar-refractivity contribution in [2.45, 2.75) is 18.9 Å². The molecule has 2 aromatic carbocycles. The highest BCUT2D eigenvalue weighted by Gasteiger charge is 2.50. The minimum Gasteiger partial charge on any atom is -0.479 e. The fraction of sp³-hybridized carbons (Fsp3) is 0.167. The lowest BCUT2D eigenvalue weighted by Crippen LogP contribution is -2.56. The largest absolute Gasteiger partial charge is 0.479 e. The lowest BCUT2D eigenvalue weighted by Gasteiger charge is -2.33. The van der Waals surface area contributed by atoms with E-state index in [1.165, 1.54) is 6.92 Å². The van der Waals surface area contributed by atoms with Crippen molar-refractivity contribution in [2.24, 2.45) is 0 Å². The smallest absolute Gasteiger partial charge is 0.330 e. The van der Waals surface area contributed by atoms with E-state index in [2.05, 4.69) is 0 Å². The molecule has 0 fully saturated rings. The topological polar surface area (TPSA) is 74.7 Å². The minimum atomic E-state index is -1.64. The van der Waals surface area contributed by atoms with Gasteiger partial charge in [-0.2, -0.15) is 0 Å². The zero-order valence-corrected chi connectivity index (χ0v) is 12.5. The van der Waals surface area contributed by atoms with Gasteiger partial charge in [0.25, 0.3) is 11.8 Å². The molecule has 0 saturated heterocycles. The molecule has 116 valence electrons. The van der Waals surface area contributed by atoms with Gasteiger partial charge >= 0.3 is 5.97 Å². The summed E-state index contributed by atoms with van der Waals surface area (Å²) in [6.07, 6.45) is 0.0502. The molecule has 2 aromatic rings. The van der Waals surface area contributed by atoms with Gasteiger partial charge in [0.1, 0.15) is 5.54 Å². The number of fused-ring (bicyclic) bond motifs is 1. The molecular weight excluding hydrogens is 294 g/mol. The Bertz CT molecular complexity index is 765. The van der Waals surface area contributed by atoms with E-state index in [1.807, 2.05) is 6.07 Å². The first-order valence-electron chi connectivity index (χ1n) is 7.20. The van der Waals surface area contributed by atoms with Crippen molar-refractivity contribution in [1.82, 2.24) is 4.90 Å². The van der Waals surface area contributed by atoms with Gasteiger partial charge in [0.05, 0.1) is 11.1 Å². The summed E-state index contributed by atoms with van der Waals surface area (Å²) in [7, 11) is 0. The number of aliphatic carboxylic acids is 1. The van der Waals surface area contributed by atoms with Crippen LogP contribution < -0.4 is 0 Å². The number of hydrogen-bond acceptors (Lipinski definition) is 3. The van der Waals surface area contributed by atoms with Crippen molar-refractivity contribution in [3.8, 4) is 0 Å². The molecule has 0 aliphatic carbocycles. The van der Waals surface area contributed by atoms with Crippen LogP contribution in [0.25, 0.3) is 0 Å². The van der Waals surface area contributed by atoms with E-state index >= 15 is 0 Å². The SMILES string of the molecule is C[C@@](Cc1ccccc1)(C(=O)O)N1C(=O)c2ccccc2C1=O. The molecule has 1 aliphatic heterocycles. The van der Waals surface area contributed by atoms with Crippen LogP contribution in [0.4, 0.5) is 0 Å². The number of nitrogens with zero attached hydrogens (tertiary/aromatic N) is 1. The number of imide groups is 1. The summed E-state index contributed by atoms with van der Waals surface area (Å²) in [5.74, 6) is -2.34. The van der Waals surface area contributed by atoms with Gasteiger partial charge in [0.2, 0.25) is 0 Å². The minimum absolute atomic E-state index is 0.0502. The number of carboxylic acid groups (broad SMARTS) is 1. The Labute approximate surface area is 133 Å². The van der Waals surface area contributed by atoms with E-state index in [0.717, 1.165) is 10.5 Å². The molecule has 3 rings (SSSR count). The molecule has 5 nitrogen and oxygen atoms in total. The summed E-state index contributed by atoms with van der Waals surface area (Å²) >= 11 is 0. The predicted octanol–water partition coefficient (Wildman–Crippen LogP) is 2.37. The van der Waals surface area contributed by atoms with Gasteiger partial charge in [-0.15, -0.1) is 0 Å². The monoisotopic (exact) mass is 309 g/mol. The van der Waals surface area contributed by atoms with Gasteiger partial charge in [-0.1, -0.05) is 42.5 Å². The summed E-state index contributed by atoms with van der Waals surface area (Å²) in [4.78, 5) is 38.0. The predicted molar refractivity (Wildman–Crippen MR) is 83.1 cm³/mol. The Kier molecular flexibility index (Phi) is 3.48. The summed E-state index contributed by atoms with van der Waals surface area (Å²) in [6.45, 7) is 1.41. The van der Waals surface area contributed by atoms with Crippen LogP contribution in [0.2, 0.25) is 0 Å². The number of carbonyl (C=O) groups is 3. The van der Waals surface area contributed by atoms with E-state index in [1.54, 1.807) is 48.5 Å². The first kappa shape index (κ1) is 15.0. The maximum atomic E-state index is 12.6. The van der Waals surface area contributed by atoms with E-state index in [4.69, 9.17) is 0 Å². The summed E-state index contributed by atoms with van der Waals surface area (Å²) in [5, 5.41) is 9.72. The second kappa shape index (κ2) is 5.35. The van der Waals surface area contributed by atoms with Crippen molar-refractivity contribution in [3.63, 3.8) is 0 Å². The number of carbonyl (C=O) groups excluding carboxylic acids is 2. The van der Waals surface area contributed by atoms with Crippen molar-refractivity contribution >= 4 is 17.8 Å². The van der Waals surface area contributed by atoms with Crippen molar-refractivity contribution in [2.75, 3.05) is 0 Å². The molecule has 0 unspecified atom stereocenters. The number of rotatable bonds is 4. The van der Waals surface area contributed by atoms with Crippen LogP contribution >= 0.6 is 0 Å². The van der Waals surface area contributed by atoms with Crippen LogP contribution in [-0.4, -0.2) is 33.3 Å². The van der Waals surface area contributed by atoms with Crippen molar-refractivity contribution < 1.29 is 19.5 Å². The molecule has 1 aliphatic rings. The van der Waals surface area contributed by atoms with E-state index in [0.29, 0.717) is 0 Å². The molecule has 5 heteroatoms. The molecule has 0 radical (unpaired) electrons. The second-order valence-electron chi connectivity index (χ2n) is 5.73. The summed E-state index contributed by atoms with van der Waals surface area (Å²) < 4.78 is 0. The Hall–Kier alpha value is -2.95. The maximum Gasteiger partial charge on any atom is 0.330 e. The molecule has 0 aromatic heterocycles. The van der Waals surface area contributed by atoms with Gasteiger partial charge in [0, 0.05) is 6.42 Å². The van der Waals surface area contributed by atoms with Gasteiger partial charge in [-0.05, 0) is 24.6 Å². The highest BCUT2D eigenvalue weighted by molar-refractivity contribution is 6.23. The molecule has 0 saturated carbocycles. The molecule has 2 amide bonds. The number of amides is 2. The van der Waals surface area contributed by atoms with Crippen molar-refractivity contribution in [3.05, 3.63) is 71.3 Å². The van der Waals surface area contributed by atoms with Gasteiger partial charge < -0.3 is 5.11 Å². The highest BCUT2D eigenvalue weighted by atomic mass is 16.4. The zero-order chi connectivity index (χ0) is 16.6. The maximum absolute atomic E-state index is 12.6. The van der Waals surface area contributed by atoms with Crippen LogP contribution in [0.15, 0.2) is 54.6 Å². The first-order valence-corrected chi connectivity index (χ1v) is 7.20. The average molecular weight is 309 g/mol. The Morgan fingerprint density at radius 3 is 1.91 bits per heavy atom. The highest BCUT2D eigenvalue weighted by Crippen LogP contribution is 2.32. The number of hydrogen-bond donors (Lipinski definition) is 1. The lowest BCUT2D eigenvalue weighted by atomic mass is 9.91. The lowest BCUT2D eigenvalue weighted by molar-refractivity contribution is -0.147. The van der Waals surface area contributed by atoms with E-state index in [9.17, 15) is 19.5 Å². The average Bonchev–Trinajstić information content (AvgIpc) is 2.80. The molecule has 0 bridgehead atoms. The third-order valence-corrected chi connectivity index (χ3v) is 4.14. The first-order chi connectivity index (χ1) is 10.9. The standard InChI is InChI=1S/C18H15NO4/c1-18(17(22)23,11-12-7-3-2-4-8-12)19-15(20)13-9-5-6-10-14(13)16(19)21/h2-10H,11H2,1H3,(H,22,23)/t18-/m1/s1. The number of carboxylic acids is 1. The fourth-order valence-corrected chi connectivity index (χ4v) is 2.88. The fourth-order valence-electron chi connectivity index (χ4n) is 2.88. The van der Waals surface area contributed by atoms with Crippen LogP contribution in [0.5, 0.6) is 0 Å². The van der Waals surface area contributed by atoms with Gasteiger partial charge in [-0.25, -0.2) is 4.79 Å². The second-order valence-corrected chi connectivity index (χ2v) is 5.73. The quantitative estimate of drug-likeness (QED) is 0.880. The van der Waals surface area contributed by atoms with Crippen LogP contribution in [-0.2, 0) is 11.2 Å². The Morgan fingerprint density at radius 2 is 1.43 bits per heavy atom. The molecule has 0 spiro atoms. The van der Waals surface area contributed by atoms with Crippen LogP contribution in [0.1, 0.15) is 33.2 Å². The molecule has 1 atom stereocenters. The van der Waals surface area contributed by atoms with Crippen molar-refractivity contribution in [1.29, 1.82) is 0 Å². The Morgan fingerprint density at radius 1 is 0.957 bits per heavy atom. The normalized spacial score (nSPS) is 16.1. The van der Waals surface area contributed by atoms with Crippen LogP contribution in [0, 0.1) is 0 Å². The third-order valence-electron chi connectivity index (χ3n) is 4.14. The summed E-state index contributed by atoms with van der Waals surface area (Å²) in [5.41, 5.74) is -0.404. The summed E-state index contributed by atoms with van der Waals surface area (Å²) in [6, 6.07) is 15.4. The number of benzene rings is 2. The van der Waals surface area contributed by atoms with E-state index in [-0.39, 0.29) is 17.5 Å². The molecule has 1 N–H and O–H groups in total. The molecular formula is C18H15NO4. The van der Waals surface area contributed by atoms with E-state index < -0.39 is 23.3 Å². The zero-order valence-electron chi connectivity index (χ0n) is 12.5. The third kappa shape index (κ3) is 2.30. The Balaban J connectivity index is 2.05. The van der Waals surface area contributed by atoms with Gasteiger partial charge in [-0.3, -0.25) is 14.5 Å². The van der Waals surface area contributed by atoms with Crippen LogP contribution in [0.3, 0.4) is 0 Å². The molecule has 1 heterocycles. The van der Waals surface area contributed by atoms with Gasteiger partial charge in [0.15, 0.2) is 0 Å².